The van der Waals surface area contributed by atoms with E-state index in [-0.39, 0.29) is 12.7 Å². The molecule has 4 nitrogen and oxygen atoms in total. The van der Waals surface area contributed by atoms with E-state index in [4.69, 9.17) is 0 Å². The van der Waals surface area contributed by atoms with Crippen LogP contribution in [0, 0.1) is 5.82 Å². The Hall–Kier alpha value is -2.07. The van der Waals surface area contributed by atoms with Crippen LogP contribution in [0.5, 0.6) is 5.75 Å². The highest BCUT2D eigenvalue weighted by atomic mass is 19.4. The fourth-order valence-corrected chi connectivity index (χ4v) is 1.39. The van der Waals surface area contributed by atoms with Crippen molar-refractivity contribution in [3.8, 4) is 5.75 Å². The predicted molar refractivity (Wildman–Crippen MR) is 56.2 cm³/mol. The van der Waals surface area contributed by atoms with Gasteiger partial charge in [0.2, 0.25) is 0 Å². The molecule has 11 heteroatoms. The van der Waals surface area contributed by atoms with E-state index in [1.807, 2.05) is 0 Å². The number of alkyl halides is 6. The molecule has 0 fully saturated rings. The van der Waals surface area contributed by atoms with Gasteiger partial charge in [-0.2, -0.15) is 13.2 Å². The molecule has 0 saturated heterocycles. The van der Waals surface area contributed by atoms with Crippen molar-refractivity contribution < 1.29 is 45.0 Å². The summed E-state index contributed by atoms with van der Waals surface area (Å²) in [6.45, 7) is 1.31. The third-order valence-electron chi connectivity index (χ3n) is 2.10. The van der Waals surface area contributed by atoms with E-state index >= 15 is 0 Å². The fourth-order valence-electron chi connectivity index (χ4n) is 1.39. The van der Waals surface area contributed by atoms with Gasteiger partial charge in [0.1, 0.15) is 0 Å². The third-order valence-corrected chi connectivity index (χ3v) is 2.10. The number of rotatable bonds is 4. The lowest BCUT2D eigenvalue weighted by Gasteiger charge is -2.14. The van der Waals surface area contributed by atoms with Crippen LogP contribution in [0.2, 0.25) is 0 Å². The van der Waals surface area contributed by atoms with Gasteiger partial charge in [-0.05, 0) is 6.92 Å². The van der Waals surface area contributed by atoms with Crippen LogP contribution < -0.4 is 4.74 Å². The van der Waals surface area contributed by atoms with Crippen molar-refractivity contribution in [3.63, 3.8) is 0 Å². The highest BCUT2D eigenvalue weighted by Gasteiger charge is 2.41. The molecular formula is C11H8F7NO3. The Morgan fingerprint density at radius 2 is 1.82 bits per heavy atom. The summed E-state index contributed by atoms with van der Waals surface area (Å²) in [5.41, 5.74) is -2.99. The molecule has 0 amide bonds. The van der Waals surface area contributed by atoms with Crippen molar-refractivity contribution in [3.05, 3.63) is 23.3 Å². The predicted octanol–water partition coefficient (Wildman–Crippen LogP) is 3.24. The molecule has 22 heavy (non-hydrogen) atoms. The van der Waals surface area contributed by atoms with Gasteiger partial charge in [0.15, 0.2) is 17.3 Å². The van der Waals surface area contributed by atoms with Gasteiger partial charge in [-0.25, -0.2) is 9.37 Å². The summed E-state index contributed by atoms with van der Waals surface area (Å²) in [5, 5.41) is 0. The number of esters is 1. The number of pyridine rings is 1. The first kappa shape index (κ1) is 18.0. The molecule has 0 aliphatic heterocycles. The molecular weight excluding hydrogens is 327 g/mol. The maximum atomic E-state index is 13.4. The molecule has 0 saturated carbocycles. The van der Waals surface area contributed by atoms with E-state index in [1.165, 1.54) is 6.92 Å². The second-order valence-corrected chi connectivity index (χ2v) is 3.80. The molecule has 124 valence electrons. The van der Waals surface area contributed by atoms with Crippen molar-refractivity contribution in [2.45, 2.75) is 25.9 Å². The summed E-state index contributed by atoms with van der Waals surface area (Å²) in [4.78, 5) is 14.0. The molecule has 0 aliphatic carbocycles. The minimum Gasteiger partial charge on any atom is -0.466 e. The maximum Gasteiger partial charge on any atom is 0.573 e. The first-order valence-electron chi connectivity index (χ1n) is 5.62. The molecule has 0 unspecified atom stereocenters. The summed E-state index contributed by atoms with van der Waals surface area (Å²) < 4.78 is 95.0. The number of nitrogens with zero attached hydrogens (tertiary/aromatic N) is 1. The standard InChI is InChI=1S/C11H8F7NO3/c1-2-21-7(20)4-5-3-6(22-11(16,17)18)8(12)9(19-5)10(13,14)15/h3H,2,4H2,1H3. The number of halogens is 7. The molecule has 0 aromatic carbocycles. The van der Waals surface area contributed by atoms with Crippen LogP contribution in [0.4, 0.5) is 30.7 Å². The van der Waals surface area contributed by atoms with Gasteiger partial charge in [-0.1, -0.05) is 0 Å². The van der Waals surface area contributed by atoms with E-state index in [0.29, 0.717) is 0 Å². The van der Waals surface area contributed by atoms with Gasteiger partial charge >= 0.3 is 18.5 Å². The minimum absolute atomic E-state index is 0.0991. The lowest BCUT2D eigenvalue weighted by atomic mass is 10.2. The Morgan fingerprint density at radius 3 is 2.27 bits per heavy atom. The number of aromatic nitrogens is 1. The molecule has 1 rings (SSSR count). The van der Waals surface area contributed by atoms with Gasteiger partial charge in [0, 0.05) is 6.07 Å². The zero-order valence-corrected chi connectivity index (χ0v) is 10.8. The quantitative estimate of drug-likeness (QED) is 0.626. The van der Waals surface area contributed by atoms with Crippen molar-refractivity contribution in [1.82, 2.24) is 4.98 Å². The number of ether oxygens (including phenoxy) is 2. The van der Waals surface area contributed by atoms with E-state index in [9.17, 15) is 35.5 Å². The molecule has 0 radical (unpaired) electrons. The summed E-state index contributed by atoms with van der Waals surface area (Å²) in [7, 11) is 0. The van der Waals surface area contributed by atoms with Crippen LogP contribution in [0.3, 0.4) is 0 Å². The molecule has 1 aromatic heterocycles. The van der Waals surface area contributed by atoms with E-state index in [1.54, 1.807) is 0 Å². The Kier molecular flexibility index (Phi) is 5.20. The monoisotopic (exact) mass is 335 g/mol. The third kappa shape index (κ3) is 5.04. The smallest absolute Gasteiger partial charge is 0.466 e. The average molecular weight is 335 g/mol. The van der Waals surface area contributed by atoms with Gasteiger partial charge in [-0.15, -0.1) is 13.2 Å². The minimum atomic E-state index is -5.41. The Labute approximate surface area is 118 Å². The summed E-state index contributed by atoms with van der Waals surface area (Å²) in [6.07, 6.45) is -11.6. The molecule has 0 N–H and O–H groups in total. The Morgan fingerprint density at radius 1 is 1.23 bits per heavy atom. The first-order valence-corrected chi connectivity index (χ1v) is 5.62. The van der Waals surface area contributed by atoms with Gasteiger partial charge in [0.25, 0.3) is 0 Å². The molecule has 0 spiro atoms. The number of hydrogen-bond acceptors (Lipinski definition) is 4. The molecule has 1 heterocycles. The summed E-state index contributed by atoms with van der Waals surface area (Å²) in [5.74, 6) is -5.08. The largest absolute Gasteiger partial charge is 0.573 e. The van der Waals surface area contributed by atoms with Crippen molar-refractivity contribution in [2.24, 2.45) is 0 Å². The zero-order valence-electron chi connectivity index (χ0n) is 10.8. The molecule has 0 bridgehead atoms. The SMILES string of the molecule is CCOC(=O)Cc1cc(OC(F)(F)F)c(F)c(C(F)(F)F)n1. The number of carbonyl (C=O) groups is 1. The average Bonchev–Trinajstić information content (AvgIpc) is 2.30. The van der Waals surface area contributed by atoms with E-state index in [0.717, 1.165) is 0 Å². The van der Waals surface area contributed by atoms with Crippen molar-refractivity contribution >= 4 is 5.97 Å². The Bertz CT molecular complexity index is 554. The van der Waals surface area contributed by atoms with Crippen LogP contribution in [-0.2, 0) is 22.1 Å². The Balaban J connectivity index is 3.29. The normalized spacial score (nSPS) is 12.2. The number of hydrogen-bond donors (Lipinski definition) is 0. The first-order chi connectivity index (χ1) is 9.94. The second kappa shape index (κ2) is 6.36. The van der Waals surface area contributed by atoms with Gasteiger partial charge < -0.3 is 9.47 Å². The number of carbonyl (C=O) groups excluding carboxylic acids is 1. The van der Waals surface area contributed by atoms with Gasteiger partial charge in [0.05, 0.1) is 18.7 Å². The summed E-state index contributed by atoms with van der Waals surface area (Å²) >= 11 is 0. The lowest BCUT2D eigenvalue weighted by molar-refractivity contribution is -0.276. The van der Waals surface area contributed by atoms with Crippen LogP contribution in [0.15, 0.2) is 6.07 Å². The molecule has 1 aromatic rings. The zero-order chi connectivity index (χ0) is 17.1. The van der Waals surface area contributed by atoms with Crippen molar-refractivity contribution in [2.75, 3.05) is 6.61 Å². The van der Waals surface area contributed by atoms with E-state index in [2.05, 4.69) is 14.5 Å². The highest BCUT2D eigenvalue weighted by molar-refractivity contribution is 5.72. The van der Waals surface area contributed by atoms with Crippen molar-refractivity contribution in [1.29, 1.82) is 0 Å². The molecule has 0 atom stereocenters. The lowest BCUT2D eigenvalue weighted by Crippen LogP contribution is -2.21. The van der Waals surface area contributed by atoms with Crippen LogP contribution in [-0.4, -0.2) is 23.9 Å². The second-order valence-electron chi connectivity index (χ2n) is 3.80. The van der Waals surface area contributed by atoms with Gasteiger partial charge in [-0.3, -0.25) is 4.79 Å². The highest BCUT2D eigenvalue weighted by Crippen LogP contribution is 2.35. The van der Waals surface area contributed by atoms with Crippen LogP contribution in [0.25, 0.3) is 0 Å². The summed E-state index contributed by atoms with van der Waals surface area (Å²) in [6, 6.07) is 0.259. The fraction of sp³-hybridized carbons (Fsp3) is 0.455. The maximum absolute atomic E-state index is 13.4. The van der Waals surface area contributed by atoms with E-state index < -0.39 is 47.9 Å². The molecule has 0 aliphatic rings. The van der Waals surface area contributed by atoms with Crippen LogP contribution >= 0.6 is 0 Å². The van der Waals surface area contributed by atoms with Crippen LogP contribution in [0.1, 0.15) is 18.3 Å². The topological polar surface area (TPSA) is 48.4 Å².